The van der Waals surface area contributed by atoms with Crippen LogP contribution < -0.4 is 0 Å². The van der Waals surface area contributed by atoms with Crippen LogP contribution in [0, 0.1) is 0 Å². The molecule has 6 heteroatoms. The summed E-state index contributed by atoms with van der Waals surface area (Å²) >= 11 is -5.52. The van der Waals surface area contributed by atoms with Gasteiger partial charge < -0.3 is 0 Å². The fraction of sp³-hybridized carbons (Fsp3) is 0. The van der Waals surface area contributed by atoms with Crippen LogP contribution in [0.1, 0.15) is 0 Å². The first-order chi connectivity index (χ1) is 2.00. The van der Waals surface area contributed by atoms with Crippen molar-refractivity contribution in [3.05, 3.63) is 0 Å². The van der Waals surface area contributed by atoms with Crippen LogP contribution in [0.2, 0.25) is 0 Å². The van der Waals surface area contributed by atoms with Gasteiger partial charge in [0, 0.05) is 18.6 Å². The molecule has 0 fully saturated rings. The summed E-state index contributed by atoms with van der Waals surface area (Å²) < 4.78 is 32.0. The van der Waals surface area contributed by atoms with Gasteiger partial charge in [0.2, 0.25) is 0 Å². The Hall–Kier alpha value is 0.894. The molecule has 0 aromatic heterocycles. The molecule has 4 nitrogen and oxygen atoms in total. The molecular weight excluding hydrogens is 243 g/mol. The molecule has 1 radical (unpaired) electrons. The van der Waals surface area contributed by atoms with Gasteiger partial charge in [0.1, 0.15) is 0 Å². The number of hydrogen-bond donors (Lipinski definition) is 2. The second-order valence-corrected chi connectivity index (χ2v) is 3.00. The van der Waals surface area contributed by atoms with E-state index in [-0.39, 0.29) is 18.6 Å². The van der Waals surface area contributed by atoms with E-state index in [1.54, 1.807) is 0 Å². The normalized spacial score (nSPS) is 9.67. The molecule has 0 saturated heterocycles. The van der Waals surface area contributed by atoms with Crippen LogP contribution >= 0.6 is 0 Å². The van der Waals surface area contributed by atoms with Gasteiger partial charge in [0.25, 0.3) is 0 Å². The molecule has 6 heavy (non-hydrogen) atoms. The standard InChI is InChI=1S/H2O4Te.V/c1-5(2,3)4;/h(H2,1,2,3,4);. The monoisotopic (exact) mass is 247 g/mol. The summed E-state index contributed by atoms with van der Waals surface area (Å²) in [7, 11) is 0. The van der Waals surface area contributed by atoms with Crippen LogP contribution in [0.25, 0.3) is 0 Å². The molecule has 0 spiro atoms. The zero-order chi connectivity index (χ0) is 4.50. The van der Waals surface area contributed by atoms with Gasteiger partial charge in [-0.2, -0.15) is 0 Å². The molecular formula is H2O4TeV. The van der Waals surface area contributed by atoms with Gasteiger partial charge in [0.05, 0.1) is 0 Å². The van der Waals surface area contributed by atoms with Crippen molar-refractivity contribution in [1.82, 2.24) is 0 Å². The third kappa shape index (κ3) is 92.8. The van der Waals surface area contributed by atoms with Crippen LogP contribution in [0.5, 0.6) is 0 Å². The Labute approximate surface area is 50.7 Å². The Morgan fingerprint density at radius 1 is 1.17 bits per heavy atom. The third-order valence-corrected chi connectivity index (χ3v) is 0. The first-order valence-corrected chi connectivity index (χ1v) is 4.69. The molecule has 0 amide bonds. The summed E-state index contributed by atoms with van der Waals surface area (Å²) in [4.78, 5) is 0. The zero-order valence-corrected chi connectivity index (χ0v) is 6.29. The minimum absolute atomic E-state index is 0. The molecule has 0 aromatic carbocycles. The predicted molar refractivity (Wildman–Crippen MR) is 11.6 cm³/mol. The molecule has 0 aliphatic heterocycles. The van der Waals surface area contributed by atoms with Crippen molar-refractivity contribution in [1.29, 1.82) is 0 Å². The molecule has 0 aliphatic carbocycles. The van der Waals surface area contributed by atoms with Gasteiger partial charge in [0.15, 0.2) is 0 Å². The average Bonchev–Trinajstić information content (AvgIpc) is 0.722. The van der Waals surface area contributed by atoms with Crippen LogP contribution in [-0.4, -0.2) is 25.9 Å². The van der Waals surface area contributed by atoms with Crippen LogP contribution in [0.3, 0.4) is 0 Å². The van der Waals surface area contributed by atoms with Crippen molar-refractivity contribution in [2.75, 3.05) is 0 Å². The minimum Gasteiger partial charge on any atom is 0 e. The summed E-state index contributed by atoms with van der Waals surface area (Å²) in [6.07, 6.45) is 0. The fourth-order valence-corrected chi connectivity index (χ4v) is 0. The van der Waals surface area contributed by atoms with E-state index < -0.39 is 19.0 Å². The van der Waals surface area contributed by atoms with E-state index in [2.05, 4.69) is 0 Å². The Kier molecular flexibility index (Phi) is 4.95. The number of hydrogen-bond acceptors (Lipinski definition) is 2. The van der Waals surface area contributed by atoms with Gasteiger partial charge >= 0.3 is 32.1 Å². The van der Waals surface area contributed by atoms with Crippen molar-refractivity contribution in [3.8, 4) is 0 Å². The SMILES string of the molecule is O=[Te](=O)(O)O.[V]. The summed E-state index contributed by atoms with van der Waals surface area (Å²) in [5, 5.41) is 0. The quantitative estimate of drug-likeness (QED) is 0.497. The summed E-state index contributed by atoms with van der Waals surface area (Å²) in [6, 6.07) is 0. The molecule has 0 unspecified atom stereocenters. The Balaban J connectivity index is 0. The van der Waals surface area contributed by atoms with Gasteiger partial charge in [-0.15, -0.1) is 0 Å². The van der Waals surface area contributed by atoms with Crippen molar-refractivity contribution >= 4 is 19.0 Å². The van der Waals surface area contributed by atoms with Crippen LogP contribution in [0.15, 0.2) is 0 Å². The van der Waals surface area contributed by atoms with E-state index in [1.165, 1.54) is 0 Å². The molecule has 0 rings (SSSR count). The average molecular weight is 245 g/mol. The van der Waals surface area contributed by atoms with Crippen molar-refractivity contribution in [3.63, 3.8) is 0 Å². The Morgan fingerprint density at radius 2 is 1.17 bits per heavy atom. The van der Waals surface area contributed by atoms with Crippen LogP contribution in [-0.2, 0) is 24.8 Å². The third-order valence-electron chi connectivity index (χ3n) is 0. The van der Waals surface area contributed by atoms with Gasteiger partial charge in [-0.05, 0) is 0 Å². The number of rotatable bonds is 0. The van der Waals surface area contributed by atoms with E-state index in [0.29, 0.717) is 0 Å². The smallest absolute Gasteiger partial charge is 0 e. The molecule has 0 aromatic rings. The minimum atomic E-state index is -5.52. The molecule has 2 N–H and O–H groups in total. The molecule has 0 atom stereocenters. The van der Waals surface area contributed by atoms with Gasteiger partial charge in [-0.1, -0.05) is 0 Å². The summed E-state index contributed by atoms with van der Waals surface area (Å²) in [6.45, 7) is 0. The zero-order valence-electron chi connectivity index (χ0n) is 2.57. The van der Waals surface area contributed by atoms with Crippen molar-refractivity contribution < 1.29 is 31.7 Å². The molecule has 37 valence electrons. The summed E-state index contributed by atoms with van der Waals surface area (Å²) in [5.41, 5.74) is 0. The van der Waals surface area contributed by atoms with E-state index in [0.717, 1.165) is 0 Å². The second-order valence-electron chi connectivity index (χ2n) is 0.448. The van der Waals surface area contributed by atoms with Crippen molar-refractivity contribution in [2.45, 2.75) is 0 Å². The Morgan fingerprint density at radius 3 is 1.17 bits per heavy atom. The van der Waals surface area contributed by atoms with E-state index in [9.17, 15) is 0 Å². The fourth-order valence-electron chi connectivity index (χ4n) is 0. The molecule has 0 saturated carbocycles. The molecule has 0 heterocycles. The molecule has 0 aliphatic rings. The first kappa shape index (κ1) is 10.00. The van der Waals surface area contributed by atoms with Gasteiger partial charge in [-0.25, -0.2) is 0 Å². The Bertz CT molecular complexity index is 90.7. The van der Waals surface area contributed by atoms with Gasteiger partial charge in [-0.3, -0.25) is 0 Å². The topological polar surface area (TPSA) is 74.6 Å². The largest absolute Gasteiger partial charge is 0 e. The maximum absolute atomic E-state index is 8.85. The van der Waals surface area contributed by atoms with E-state index >= 15 is 0 Å². The summed E-state index contributed by atoms with van der Waals surface area (Å²) in [5.74, 6) is 0. The predicted octanol–water partition coefficient (Wildman–Crippen LogP) is -1.73. The maximum atomic E-state index is 8.85. The van der Waals surface area contributed by atoms with E-state index in [4.69, 9.17) is 13.2 Å². The second kappa shape index (κ2) is 2.97. The first-order valence-electron chi connectivity index (χ1n) is 0.698. The maximum Gasteiger partial charge on any atom is 0 e. The molecule has 0 bridgehead atoms. The van der Waals surface area contributed by atoms with Crippen LogP contribution in [0.4, 0.5) is 0 Å². The van der Waals surface area contributed by atoms with Crippen molar-refractivity contribution in [2.24, 2.45) is 0 Å². The van der Waals surface area contributed by atoms with E-state index in [1.807, 2.05) is 0 Å².